The van der Waals surface area contributed by atoms with Crippen LogP contribution in [0.2, 0.25) is 0 Å². The minimum Gasteiger partial charge on any atom is -0.496 e. The van der Waals surface area contributed by atoms with Gasteiger partial charge in [0.25, 0.3) is 0 Å². The van der Waals surface area contributed by atoms with Gasteiger partial charge in [-0.3, -0.25) is 4.79 Å². The van der Waals surface area contributed by atoms with Crippen molar-refractivity contribution in [2.45, 2.75) is 6.92 Å². The summed E-state index contributed by atoms with van der Waals surface area (Å²) in [5, 5.41) is 11.2. The summed E-state index contributed by atoms with van der Waals surface area (Å²) >= 11 is 3.28. The topological polar surface area (TPSA) is 75.6 Å². The third kappa shape index (κ3) is 3.89. The lowest BCUT2D eigenvalue weighted by Crippen LogP contribution is -2.24. The molecule has 0 heterocycles. The highest BCUT2D eigenvalue weighted by Gasteiger charge is 2.11. The Morgan fingerprint density at radius 1 is 1.44 bits per heavy atom. The lowest BCUT2D eigenvalue weighted by Gasteiger charge is -2.07. The molecule has 0 radical (unpaired) electrons. The lowest BCUT2D eigenvalue weighted by molar-refractivity contribution is -0.134. The molecule has 6 heteroatoms. The molecule has 18 heavy (non-hydrogen) atoms. The molecule has 0 fully saturated rings. The van der Waals surface area contributed by atoms with Gasteiger partial charge in [0.1, 0.15) is 11.4 Å². The number of hydrogen-bond acceptors (Lipinski definition) is 3. The van der Waals surface area contributed by atoms with Crippen LogP contribution in [0.4, 0.5) is 0 Å². The van der Waals surface area contributed by atoms with Crippen LogP contribution in [0.1, 0.15) is 12.5 Å². The average Bonchev–Trinajstić information content (AvgIpc) is 2.27. The molecule has 0 aliphatic heterocycles. The summed E-state index contributed by atoms with van der Waals surface area (Å²) in [5.41, 5.74) is 0.344. The van der Waals surface area contributed by atoms with Gasteiger partial charge < -0.3 is 15.2 Å². The van der Waals surface area contributed by atoms with Crippen molar-refractivity contribution in [3.05, 3.63) is 33.9 Å². The van der Waals surface area contributed by atoms with Crippen molar-refractivity contribution in [3.8, 4) is 5.75 Å². The van der Waals surface area contributed by atoms with Gasteiger partial charge in [0.2, 0.25) is 5.91 Å². The highest BCUT2D eigenvalue weighted by molar-refractivity contribution is 9.10. The van der Waals surface area contributed by atoms with Crippen molar-refractivity contribution in [2.75, 3.05) is 7.11 Å². The Kier molecular flexibility index (Phi) is 4.91. The van der Waals surface area contributed by atoms with E-state index in [2.05, 4.69) is 21.2 Å². The van der Waals surface area contributed by atoms with Crippen molar-refractivity contribution in [1.29, 1.82) is 0 Å². The van der Waals surface area contributed by atoms with Crippen LogP contribution in [0.15, 0.2) is 28.4 Å². The van der Waals surface area contributed by atoms with Crippen LogP contribution in [-0.4, -0.2) is 24.1 Å². The number of carbonyl (C=O) groups excluding carboxylic acids is 1. The summed E-state index contributed by atoms with van der Waals surface area (Å²) in [6.07, 6.45) is 1.34. The van der Waals surface area contributed by atoms with Gasteiger partial charge in [-0.1, -0.05) is 15.9 Å². The zero-order valence-corrected chi connectivity index (χ0v) is 11.4. The van der Waals surface area contributed by atoms with Gasteiger partial charge in [-0.2, -0.15) is 0 Å². The van der Waals surface area contributed by atoms with Crippen molar-refractivity contribution >= 4 is 33.9 Å². The molecule has 96 valence electrons. The molecular weight excluding hydrogens is 302 g/mol. The molecule has 0 saturated carbocycles. The van der Waals surface area contributed by atoms with E-state index in [1.807, 2.05) is 0 Å². The molecule has 0 bridgehead atoms. The molecule has 5 nitrogen and oxygen atoms in total. The summed E-state index contributed by atoms with van der Waals surface area (Å²) in [4.78, 5) is 21.9. The molecular formula is C12H12BrNO4. The van der Waals surface area contributed by atoms with E-state index in [4.69, 9.17) is 9.84 Å². The Morgan fingerprint density at radius 3 is 2.61 bits per heavy atom. The molecule has 0 aliphatic rings. The number of benzene rings is 1. The van der Waals surface area contributed by atoms with E-state index in [9.17, 15) is 9.59 Å². The average molecular weight is 314 g/mol. The van der Waals surface area contributed by atoms with E-state index >= 15 is 0 Å². The number of aliphatic carboxylic acids is 1. The SMILES string of the molecule is COc1ccc(Br)cc1C=C(NC(C)=O)C(=O)O. The highest BCUT2D eigenvalue weighted by Crippen LogP contribution is 2.24. The first-order valence-corrected chi connectivity index (χ1v) is 5.79. The number of carbonyl (C=O) groups is 2. The van der Waals surface area contributed by atoms with Gasteiger partial charge in [0.15, 0.2) is 0 Å². The maximum absolute atomic E-state index is 11.0. The van der Waals surface area contributed by atoms with Crippen LogP contribution >= 0.6 is 15.9 Å². The van der Waals surface area contributed by atoms with E-state index in [1.54, 1.807) is 18.2 Å². The van der Waals surface area contributed by atoms with Gasteiger partial charge in [0, 0.05) is 17.0 Å². The summed E-state index contributed by atoms with van der Waals surface area (Å²) in [7, 11) is 1.49. The normalized spacial score (nSPS) is 10.9. The van der Waals surface area contributed by atoms with Gasteiger partial charge in [0.05, 0.1) is 7.11 Å². The van der Waals surface area contributed by atoms with Gasteiger partial charge in [-0.15, -0.1) is 0 Å². The van der Waals surface area contributed by atoms with Crippen LogP contribution in [0.3, 0.4) is 0 Å². The smallest absolute Gasteiger partial charge is 0.352 e. The van der Waals surface area contributed by atoms with E-state index in [-0.39, 0.29) is 5.70 Å². The molecule has 0 saturated heterocycles. The number of ether oxygens (including phenoxy) is 1. The monoisotopic (exact) mass is 313 g/mol. The number of nitrogens with one attached hydrogen (secondary N) is 1. The Balaban J connectivity index is 3.22. The first-order chi connectivity index (χ1) is 8.43. The molecule has 2 N–H and O–H groups in total. The molecule has 0 spiro atoms. The Bertz CT molecular complexity index is 511. The maximum Gasteiger partial charge on any atom is 0.352 e. The third-order valence-electron chi connectivity index (χ3n) is 2.03. The Hall–Kier alpha value is -1.82. The van der Waals surface area contributed by atoms with Crippen molar-refractivity contribution in [3.63, 3.8) is 0 Å². The second-order valence-corrected chi connectivity index (χ2v) is 4.35. The summed E-state index contributed by atoms with van der Waals surface area (Å²) in [5.74, 6) is -1.15. The number of amides is 1. The van der Waals surface area contributed by atoms with Gasteiger partial charge in [-0.05, 0) is 24.3 Å². The van der Waals surface area contributed by atoms with Gasteiger partial charge >= 0.3 is 5.97 Å². The summed E-state index contributed by atoms with van der Waals surface area (Å²) in [6, 6.07) is 5.17. The fourth-order valence-corrected chi connectivity index (χ4v) is 1.69. The lowest BCUT2D eigenvalue weighted by atomic mass is 10.1. The minimum absolute atomic E-state index is 0.209. The van der Waals surface area contributed by atoms with Crippen molar-refractivity contribution < 1.29 is 19.4 Å². The number of hydrogen-bond donors (Lipinski definition) is 2. The molecule has 0 aromatic heterocycles. The van der Waals surface area contributed by atoms with Crippen LogP contribution in [0.5, 0.6) is 5.75 Å². The molecule has 1 aromatic rings. The third-order valence-corrected chi connectivity index (χ3v) is 2.53. The van der Waals surface area contributed by atoms with Crippen molar-refractivity contribution in [1.82, 2.24) is 5.32 Å². The maximum atomic E-state index is 11.0. The highest BCUT2D eigenvalue weighted by atomic mass is 79.9. The molecule has 0 aliphatic carbocycles. The fraction of sp³-hybridized carbons (Fsp3) is 0.167. The molecule has 1 rings (SSSR count). The van der Waals surface area contributed by atoms with E-state index in [1.165, 1.54) is 20.1 Å². The Morgan fingerprint density at radius 2 is 2.11 bits per heavy atom. The first-order valence-electron chi connectivity index (χ1n) is 5.00. The first kappa shape index (κ1) is 14.2. The predicted molar refractivity (Wildman–Crippen MR) is 70.1 cm³/mol. The van der Waals surface area contributed by atoms with Crippen LogP contribution < -0.4 is 10.1 Å². The number of carboxylic acid groups (broad SMARTS) is 1. The number of carboxylic acids is 1. The number of methoxy groups -OCH3 is 1. The summed E-state index contributed by atoms with van der Waals surface area (Å²) in [6.45, 7) is 1.24. The van der Waals surface area contributed by atoms with Gasteiger partial charge in [-0.25, -0.2) is 4.79 Å². The minimum atomic E-state index is -1.22. The standard InChI is InChI=1S/C12H12BrNO4/c1-7(15)14-10(12(16)17)6-8-5-9(13)3-4-11(8)18-2/h3-6H,1-2H3,(H,14,15)(H,16,17). The quantitative estimate of drug-likeness (QED) is 0.834. The van der Waals surface area contributed by atoms with Crippen LogP contribution in [0, 0.1) is 0 Å². The molecule has 0 atom stereocenters. The van der Waals surface area contributed by atoms with Crippen molar-refractivity contribution in [2.24, 2.45) is 0 Å². The second kappa shape index (κ2) is 6.20. The van der Waals surface area contributed by atoms with E-state index in [0.29, 0.717) is 11.3 Å². The summed E-state index contributed by atoms with van der Waals surface area (Å²) < 4.78 is 5.89. The number of halogens is 1. The Labute approximate surface area is 113 Å². The zero-order valence-electron chi connectivity index (χ0n) is 9.86. The molecule has 1 amide bonds. The van der Waals surface area contributed by atoms with Crippen LogP contribution in [0.25, 0.3) is 6.08 Å². The van der Waals surface area contributed by atoms with E-state index in [0.717, 1.165) is 4.47 Å². The predicted octanol–water partition coefficient (Wildman–Crippen LogP) is 2.02. The molecule has 1 aromatic carbocycles. The van der Waals surface area contributed by atoms with Crippen LogP contribution in [-0.2, 0) is 9.59 Å². The fourth-order valence-electron chi connectivity index (χ4n) is 1.31. The largest absolute Gasteiger partial charge is 0.496 e. The second-order valence-electron chi connectivity index (χ2n) is 3.43. The van der Waals surface area contributed by atoms with E-state index < -0.39 is 11.9 Å². The number of rotatable bonds is 4. The molecule has 0 unspecified atom stereocenters. The zero-order chi connectivity index (χ0) is 13.7.